The minimum Gasteiger partial charge on any atom is -0.346 e. The summed E-state index contributed by atoms with van der Waals surface area (Å²) in [5.41, 5.74) is 2.37. The first kappa shape index (κ1) is 16.8. The van der Waals surface area contributed by atoms with Crippen molar-refractivity contribution in [2.75, 3.05) is 0 Å². The van der Waals surface area contributed by atoms with Gasteiger partial charge in [-0.3, -0.25) is 0 Å². The van der Waals surface area contributed by atoms with Gasteiger partial charge in [-0.2, -0.15) is 0 Å². The Kier molecular flexibility index (Phi) is 4.49. The molecule has 0 saturated carbocycles. The maximum atomic E-state index is 5.09. The largest absolute Gasteiger partial charge is 0.346 e. The summed E-state index contributed by atoms with van der Waals surface area (Å²) in [5.74, 6) is 1.08. The Morgan fingerprint density at radius 3 is 1.83 bits per heavy atom. The van der Waals surface area contributed by atoms with Gasteiger partial charge in [-0.25, -0.2) is 4.99 Å². The Morgan fingerprint density at radius 2 is 1.29 bits per heavy atom. The second kappa shape index (κ2) is 6.43. The number of benzene rings is 2. The normalized spacial score (nSPS) is 20.0. The fourth-order valence-electron chi connectivity index (χ4n) is 4.03. The minimum absolute atomic E-state index is 0.0885. The van der Waals surface area contributed by atoms with E-state index in [2.05, 4.69) is 75.1 Å². The molecule has 2 aromatic rings. The molecule has 2 heteroatoms. The molecule has 0 amide bonds. The van der Waals surface area contributed by atoms with Crippen LogP contribution in [0.25, 0.3) is 0 Å². The van der Waals surface area contributed by atoms with Gasteiger partial charge >= 0.3 is 0 Å². The van der Waals surface area contributed by atoms with Crippen LogP contribution >= 0.6 is 0 Å². The number of likely N-dealkylation sites (tertiary alicyclic amines) is 1. The van der Waals surface area contributed by atoms with Crippen LogP contribution in [0.3, 0.4) is 0 Å². The van der Waals surface area contributed by atoms with E-state index in [-0.39, 0.29) is 11.1 Å². The van der Waals surface area contributed by atoms with Gasteiger partial charge in [-0.05, 0) is 59.1 Å². The summed E-state index contributed by atoms with van der Waals surface area (Å²) < 4.78 is 0. The molecule has 0 atom stereocenters. The van der Waals surface area contributed by atoms with Gasteiger partial charge in [0.25, 0.3) is 0 Å². The first-order valence-electron chi connectivity index (χ1n) is 8.90. The molecule has 0 bridgehead atoms. The van der Waals surface area contributed by atoms with Crippen molar-refractivity contribution in [3.8, 4) is 0 Å². The van der Waals surface area contributed by atoms with Crippen LogP contribution < -0.4 is 0 Å². The molecule has 1 aliphatic heterocycles. The molecule has 0 unspecified atom stereocenters. The van der Waals surface area contributed by atoms with Gasteiger partial charge in [0, 0.05) is 16.6 Å². The van der Waals surface area contributed by atoms with Gasteiger partial charge in [-0.15, -0.1) is 0 Å². The summed E-state index contributed by atoms with van der Waals surface area (Å²) in [5, 5.41) is 0. The highest BCUT2D eigenvalue weighted by Crippen LogP contribution is 2.40. The molecule has 0 aliphatic carbocycles. The van der Waals surface area contributed by atoms with Crippen molar-refractivity contribution in [2.24, 2.45) is 4.99 Å². The number of nitrogens with zero attached hydrogens (tertiary/aromatic N) is 2. The molecule has 126 valence electrons. The first-order chi connectivity index (χ1) is 11.4. The lowest BCUT2D eigenvalue weighted by Crippen LogP contribution is -2.61. The molecule has 2 aromatic carbocycles. The van der Waals surface area contributed by atoms with Crippen molar-refractivity contribution in [1.82, 2.24) is 4.90 Å². The number of para-hydroxylation sites is 1. The van der Waals surface area contributed by atoms with Crippen LogP contribution in [0.5, 0.6) is 0 Å². The molecule has 2 nitrogen and oxygen atoms in total. The second-order valence-electron chi connectivity index (χ2n) is 7.95. The number of hydrogen-bond acceptors (Lipinski definition) is 1. The molecule has 1 saturated heterocycles. The van der Waals surface area contributed by atoms with E-state index in [1.165, 1.54) is 24.8 Å². The van der Waals surface area contributed by atoms with Gasteiger partial charge < -0.3 is 4.90 Å². The smallest absolute Gasteiger partial charge is 0.137 e. The van der Waals surface area contributed by atoms with Crippen molar-refractivity contribution >= 4 is 11.5 Å². The Morgan fingerprint density at radius 1 is 0.792 bits per heavy atom. The predicted octanol–water partition coefficient (Wildman–Crippen LogP) is 5.81. The molecule has 0 radical (unpaired) electrons. The Labute approximate surface area is 146 Å². The summed E-state index contributed by atoms with van der Waals surface area (Å²) in [6.07, 6.45) is 3.65. The Hall–Kier alpha value is -2.09. The summed E-state index contributed by atoms with van der Waals surface area (Å²) in [6.45, 7) is 9.38. The molecular weight excluding hydrogens is 292 g/mol. The van der Waals surface area contributed by atoms with Crippen LogP contribution in [0.1, 0.15) is 52.5 Å². The number of aliphatic imine (C=N–C) groups is 1. The van der Waals surface area contributed by atoms with Crippen molar-refractivity contribution in [2.45, 2.75) is 58.0 Å². The zero-order valence-corrected chi connectivity index (χ0v) is 15.3. The fourth-order valence-corrected chi connectivity index (χ4v) is 4.03. The first-order valence-corrected chi connectivity index (χ1v) is 8.90. The molecule has 24 heavy (non-hydrogen) atoms. The highest BCUT2D eigenvalue weighted by molar-refractivity contribution is 6.01. The summed E-state index contributed by atoms with van der Waals surface area (Å²) in [4.78, 5) is 7.63. The molecule has 0 spiro atoms. The van der Waals surface area contributed by atoms with Crippen molar-refractivity contribution < 1.29 is 0 Å². The van der Waals surface area contributed by atoms with Gasteiger partial charge in [-0.1, -0.05) is 48.5 Å². The SMILES string of the molecule is CC1(C)CCCC(C)(C)N1C(=Nc1ccccc1)c1ccccc1. The van der Waals surface area contributed by atoms with E-state index < -0.39 is 0 Å². The third-order valence-corrected chi connectivity index (χ3v) is 5.02. The third-order valence-electron chi connectivity index (χ3n) is 5.02. The average molecular weight is 320 g/mol. The standard InChI is InChI=1S/C22H28N2/c1-21(2)16-11-17-22(3,4)24(21)20(18-12-7-5-8-13-18)23-19-14-9-6-10-15-19/h5-10,12-15H,11,16-17H2,1-4H3. The van der Waals surface area contributed by atoms with Crippen LogP contribution in [0, 0.1) is 0 Å². The number of piperidine rings is 1. The van der Waals surface area contributed by atoms with Crippen LogP contribution in [0.4, 0.5) is 5.69 Å². The van der Waals surface area contributed by atoms with Gasteiger partial charge in [0.05, 0.1) is 5.69 Å². The van der Waals surface area contributed by atoms with Crippen LogP contribution in [0.2, 0.25) is 0 Å². The maximum Gasteiger partial charge on any atom is 0.137 e. The zero-order valence-electron chi connectivity index (χ0n) is 15.3. The molecule has 1 heterocycles. The molecular formula is C22H28N2. The van der Waals surface area contributed by atoms with Gasteiger partial charge in [0.1, 0.15) is 5.84 Å². The van der Waals surface area contributed by atoms with E-state index in [4.69, 9.17) is 4.99 Å². The van der Waals surface area contributed by atoms with E-state index in [9.17, 15) is 0 Å². The summed E-state index contributed by atoms with van der Waals surface area (Å²) in [6, 6.07) is 20.9. The topological polar surface area (TPSA) is 15.6 Å². The zero-order chi connectivity index (χ0) is 17.2. The van der Waals surface area contributed by atoms with Gasteiger partial charge in [0.2, 0.25) is 0 Å². The summed E-state index contributed by atoms with van der Waals surface area (Å²) in [7, 11) is 0. The molecule has 3 rings (SSSR count). The molecule has 0 N–H and O–H groups in total. The number of rotatable bonds is 2. The lowest BCUT2D eigenvalue weighted by atomic mass is 9.79. The number of hydrogen-bond donors (Lipinski definition) is 0. The third kappa shape index (κ3) is 3.38. The monoisotopic (exact) mass is 320 g/mol. The van der Waals surface area contributed by atoms with Gasteiger partial charge in [0.15, 0.2) is 0 Å². The van der Waals surface area contributed by atoms with Crippen molar-refractivity contribution in [1.29, 1.82) is 0 Å². The van der Waals surface area contributed by atoms with E-state index in [0.29, 0.717) is 0 Å². The highest BCUT2D eigenvalue weighted by Gasteiger charge is 2.43. The highest BCUT2D eigenvalue weighted by atomic mass is 15.3. The lowest BCUT2D eigenvalue weighted by molar-refractivity contribution is 0.0421. The van der Waals surface area contributed by atoms with Crippen LogP contribution in [-0.4, -0.2) is 21.8 Å². The quantitative estimate of drug-likeness (QED) is 0.504. The van der Waals surface area contributed by atoms with Crippen LogP contribution in [0.15, 0.2) is 65.7 Å². The maximum absolute atomic E-state index is 5.09. The Bertz CT molecular complexity index is 683. The second-order valence-corrected chi connectivity index (χ2v) is 7.95. The molecule has 0 aromatic heterocycles. The van der Waals surface area contributed by atoms with E-state index >= 15 is 0 Å². The van der Waals surface area contributed by atoms with E-state index in [0.717, 1.165) is 11.5 Å². The predicted molar refractivity (Wildman–Crippen MR) is 103 cm³/mol. The van der Waals surface area contributed by atoms with Crippen molar-refractivity contribution in [3.05, 3.63) is 66.2 Å². The number of amidine groups is 1. The Balaban J connectivity index is 2.16. The molecule has 1 fully saturated rings. The van der Waals surface area contributed by atoms with E-state index in [1.807, 2.05) is 18.2 Å². The molecule has 1 aliphatic rings. The minimum atomic E-state index is 0.0885. The lowest BCUT2D eigenvalue weighted by Gasteiger charge is -2.54. The summed E-state index contributed by atoms with van der Waals surface area (Å²) >= 11 is 0. The van der Waals surface area contributed by atoms with E-state index in [1.54, 1.807) is 0 Å². The van der Waals surface area contributed by atoms with Crippen LogP contribution in [-0.2, 0) is 0 Å². The average Bonchev–Trinajstić information content (AvgIpc) is 2.54. The fraction of sp³-hybridized carbons (Fsp3) is 0.409. The van der Waals surface area contributed by atoms with Crippen molar-refractivity contribution in [3.63, 3.8) is 0 Å².